The molecule has 4 nitrogen and oxygen atoms in total. The number of methoxy groups -OCH3 is 1. The average molecular weight is 282 g/mol. The van der Waals surface area contributed by atoms with Gasteiger partial charge in [-0.15, -0.1) is 0 Å². The van der Waals surface area contributed by atoms with E-state index in [9.17, 15) is 0 Å². The van der Waals surface area contributed by atoms with E-state index in [1.165, 1.54) is 0 Å². The fourth-order valence-electron chi connectivity index (χ4n) is 1.46. The molecule has 16 heavy (non-hydrogen) atoms. The average Bonchev–Trinajstić information content (AvgIpc) is 2.65. The van der Waals surface area contributed by atoms with Crippen LogP contribution >= 0.6 is 15.9 Å². The van der Waals surface area contributed by atoms with Gasteiger partial charge in [-0.25, -0.2) is 4.68 Å². The van der Waals surface area contributed by atoms with E-state index in [0.29, 0.717) is 12.4 Å². The van der Waals surface area contributed by atoms with E-state index >= 15 is 0 Å². The zero-order valence-corrected chi connectivity index (χ0v) is 10.4. The molecule has 0 aliphatic carbocycles. The Hall–Kier alpha value is -1.49. The molecule has 1 aromatic heterocycles. The highest BCUT2D eigenvalue weighted by Gasteiger charge is 2.03. The first-order valence-electron chi connectivity index (χ1n) is 4.80. The van der Waals surface area contributed by atoms with Gasteiger partial charge in [0.2, 0.25) is 0 Å². The summed E-state index contributed by atoms with van der Waals surface area (Å²) >= 11 is 3.44. The van der Waals surface area contributed by atoms with Crippen LogP contribution < -0.4 is 10.5 Å². The van der Waals surface area contributed by atoms with Gasteiger partial charge in [-0.3, -0.25) is 0 Å². The number of nitrogens with zero attached hydrogens (tertiary/aromatic N) is 2. The number of nitrogen functional groups attached to an aromatic ring is 1. The highest BCUT2D eigenvalue weighted by atomic mass is 79.9. The second-order valence-corrected chi connectivity index (χ2v) is 4.24. The van der Waals surface area contributed by atoms with Crippen LogP contribution in [0, 0.1) is 0 Å². The Morgan fingerprint density at radius 3 is 2.81 bits per heavy atom. The summed E-state index contributed by atoms with van der Waals surface area (Å²) in [6.07, 6.45) is 1.69. The molecule has 0 fully saturated rings. The minimum atomic E-state index is 0.654. The number of ether oxygens (including phenoxy) is 1. The molecule has 0 spiro atoms. The van der Waals surface area contributed by atoms with Crippen molar-refractivity contribution in [3.63, 3.8) is 0 Å². The lowest BCUT2D eigenvalue weighted by atomic mass is 10.2. The molecule has 0 radical (unpaired) electrons. The third-order valence-electron chi connectivity index (χ3n) is 2.30. The Bertz CT molecular complexity index is 496. The number of hydrogen-bond donors (Lipinski definition) is 1. The van der Waals surface area contributed by atoms with Gasteiger partial charge in [0.1, 0.15) is 11.6 Å². The molecule has 1 heterocycles. The van der Waals surface area contributed by atoms with Crippen LogP contribution in [0.3, 0.4) is 0 Å². The normalized spacial score (nSPS) is 10.4. The Labute approximate surface area is 102 Å². The Morgan fingerprint density at radius 1 is 1.44 bits per heavy atom. The molecule has 1 aromatic carbocycles. The molecular weight excluding hydrogens is 270 g/mol. The zero-order valence-electron chi connectivity index (χ0n) is 8.85. The predicted molar refractivity (Wildman–Crippen MR) is 66.4 cm³/mol. The summed E-state index contributed by atoms with van der Waals surface area (Å²) < 4.78 is 7.84. The van der Waals surface area contributed by atoms with Gasteiger partial charge in [-0.05, 0) is 39.7 Å². The van der Waals surface area contributed by atoms with Crippen molar-refractivity contribution >= 4 is 21.7 Å². The van der Waals surface area contributed by atoms with Gasteiger partial charge in [0.15, 0.2) is 0 Å². The number of nitrogens with two attached hydrogens (primary N) is 1. The fraction of sp³-hybridized carbons (Fsp3) is 0.182. The molecule has 0 unspecified atom stereocenters. The monoisotopic (exact) mass is 281 g/mol. The maximum absolute atomic E-state index is 5.75. The van der Waals surface area contributed by atoms with Gasteiger partial charge in [0.25, 0.3) is 0 Å². The maximum Gasteiger partial charge on any atom is 0.133 e. The zero-order chi connectivity index (χ0) is 11.5. The summed E-state index contributed by atoms with van der Waals surface area (Å²) in [7, 11) is 1.64. The second kappa shape index (κ2) is 4.57. The van der Waals surface area contributed by atoms with Crippen molar-refractivity contribution < 1.29 is 4.74 Å². The minimum absolute atomic E-state index is 0.654. The summed E-state index contributed by atoms with van der Waals surface area (Å²) in [6.45, 7) is 0.654. The number of benzene rings is 1. The van der Waals surface area contributed by atoms with Crippen LogP contribution in [0.25, 0.3) is 0 Å². The summed E-state index contributed by atoms with van der Waals surface area (Å²) in [5.41, 5.74) is 6.86. The van der Waals surface area contributed by atoms with Crippen LogP contribution in [0.15, 0.2) is 34.9 Å². The standard InChI is InChI=1S/C11H12BrN3O/c1-16-10-3-2-8(6-9(10)12)7-15-11(13)4-5-14-15/h2-6H,7,13H2,1H3. The summed E-state index contributed by atoms with van der Waals surface area (Å²) in [4.78, 5) is 0. The molecule has 0 aliphatic rings. The van der Waals surface area contributed by atoms with Crippen LogP contribution in [-0.4, -0.2) is 16.9 Å². The highest BCUT2D eigenvalue weighted by Crippen LogP contribution is 2.25. The summed E-state index contributed by atoms with van der Waals surface area (Å²) in [5, 5.41) is 4.13. The van der Waals surface area contributed by atoms with Gasteiger partial charge >= 0.3 is 0 Å². The number of halogens is 1. The molecule has 5 heteroatoms. The molecule has 0 atom stereocenters. The van der Waals surface area contributed by atoms with Crippen molar-refractivity contribution in [2.75, 3.05) is 12.8 Å². The molecule has 0 amide bonds. The predicted octanol–water partition coefficient (Wildman–Crippen LogP) is 2.28. The number of aromatic nitrogens is 2. The van der Waals surface area contributed by atoms with Gasteiger partial charge in [-0.2, -0.15) is 5.10 Å². The third-order valence-corrected chi connectivity index (χ3v) is 2.92. The molecule has 2 N–H and O–H groups in total. The fourth-order valence-corrected chi connectivity index (χ4v) is 2.04. The van der Waals surface area contributed by atoms with Crippen molar-refractivity contribution in [3.8, 4) is 5.75 Å². The number of hydrogen-bond acceptors (Lipinski definition) is 3. The van der Waals surface area contributed by atoms with Gasteiger partial charge in [0.05, 0.1) is 24.3 Å². The molecule has 0 aliphatic heterocycles. The van der Waals surface area contributed by atoms with Crippen molar-refractivity contribution in [1.82, 2.24) is 9.78 Å². The van der Waals surface area contributed by atoms with Crippen LogP contribution in [-0.2, 0) is 6.54 Å². The van der Waals surface area contributed by atoms with Crippen LogP contribution in [0.1, 0.15) is 5.56 Å². The van der Waals surface area contributed by atoms with Crippen LogP contribution in [0.5, 0.6) is 5.75 Å². The Kier molecular flexibility index (Phi) is 3.14. The Morgan fingerprint density at radius 2 is 2.25 bits per heavy atom. The van der Waals surface area contributed by atoms with E-state index in [2.05, 4.69) is 21.0 Å². The summed E-state index contributed by atoms with van der Waals surface area (Å²) in [6, 6.07) is 7.68. The lowest BCUT2D eigenvalue weighted by Gasteiger charge is -2.07. The van der Waals surface area contributed by atoms with Gasteiger partial charge < -0.3 is 10.5 Å². The van der Waals surface area contributed by atoms with Crippen molar-refractivity contribution in [2.45, 2.75) is 6.54 Å². The topological polar surface area (TPSA) is 53.1 Å². The molecule has 2 aromatic rings. The quantitative estimate of drug-likeness (QED) is 0.939. The van der Waals surface area contributed by atoms with Crippen LogP contribution in [0.2, 0.25) is 0 Å². The molecule has 2 rings (SSSR count). The van der Waals surface area contributed by atoms with E-state index < -0.39 is 0 Å². The largest absolute Gasteiger partial charge is 0.496 e. The first-order valence-corrected chi connectivity index (χ1v) is 5.59. The van der Waals surface area contributed by atoms with Crippen molar-refractivity contribution in [2.24, 2.45) is 0 Å². The molecule has 0 saturated heterocycles. The Balaban J connectivity index is 2.23. The van der Waals surface area contributed by atoms with Gasteiger partial charge in [0, 0.05) is 0 Å². The SMILES string of the molecule is COc1ccc(Cn2nccc2N)cc1Br. The molecule has 0 bridgehead atoms. The minimum Gasteiger partial charge on any atom is -0.496 e. The first kappa shape index (κ1) is 11.0. The van der Waals surface area contributed by atoms with E-state index in [4.69, 9.17) is 10.5 Å². The lowest BCUT2D eigenvalue weighted by Crippen LogP contribution is -2.05. The summed E-state index contributed by atoms with van der Waals surface area (Å²) in [5.74, 6) is 1.48. The second-order valence-electron chi connectivity index (χ2n) is 3.38. The first-order chi connectivity index (χ1) is 7.70. The number of rotatable bonds is 3. The van der Waals surface area contributed by atoms with E-state index in [1.54, 1.807) is 24.1 Å². The van der Waals surface area contributed by atoms with E-state index in [0.717, 1.165) is 15.8 Å². The van der Waals surface area contributed by atoms with E-state index in [1.807, 2.05) is 18.2 Å². The van der Waals surface area contributed by atoms with Crippen LogP contribution in [0.4, 0.5) is 5.82 Å². The van der Waals surface area contributed by atoms with Crippen molar-refractivity contribution in [1.29, 1.82) is 0 Å². The molecule has 0 saturated carbocycles. The van der Waals surface area contributed by atoms with Crippen molar-refractivity contribution in [3.05, 3.63) is 40.5 Å². The third kappa shape index (κ3) is 2.19. The smallest absolute Gasteiger partial charge is 0.133 e. The van der Waals surface area contributed by atoms with Gasteiger partial charge in [-0.1, -0.05) is 6.07 Å². The maximum atomic E-state index is 5.75. The molecular formula is C11H12BrN3O. The highest BCUT2D eigenvalue weighted by molar-refractivity contribution is 9.10. The van der Waals surface area contributed by atoms with E-state index in [-0.39, 0.29) is 0 Å². The molecule has 84 valence electrons. The lowest BCUT2D eigenvalue weighted by molar-refractivity contribution is 0.412. The number of anilines is 1.